The van der Waals surface area contributed by atoms with Crippen molar-refractivity contribution in [3.05, 3.63) is 70.5 Å². The average molecular weight is 613 g/mol. The predicted molar refractivity (Wildman–Crippen MR) is 129 cm³/mol. The molecule has 0 aromatic heterocycles. The lowest BCUT2D eigenvalue weighted by molar-refractivity contribution is -0.154. The first-order valence-electron chi connectivity index (χ1n) is 10.7. The number of alkyl halides is 2. The molecule has 2 aliphatic carbocycles. The Bertz CT molecular complexity index is 1160. The monoisotopic (exact) mass is 610 g/mol. The lowest BCUT2D eigenvalue weighted by atomic mass is 9.81. The lowest BCUT2D eigenvalue weighted by Crippen LogP contribution is -2.52. The van der Waals surface area contributed by atoms with Crippen LogP contribution in [-0.4, -0.2) is 49.7 Å². The van der Waals surface area contributed by atoms with Crippen LogP contribution in [0.25, 0.3) is 0 Å². The van der Waals surface area contributed by atoms with E-state index in [0.29, 0.717) is 5.02 Å². The second-order valence-corrected chi connectivity index (χ2v) is 11.3. The zero-order valence-corrected chi connectivity index (χ0v) is 21.5. The number of fused-ring (bicyclic) bond motifs is 5. The fourth-order valence-corrected chi connectivity index (χ4v) is 7.41. The molecule has 0 spiro atoms. The Morgan fingerprint density at radius 1 is 0.912 bits per heavy atom. The first-order chi connectivity index (χ1) is 16.2. The van der Waals surface area contributed by atoms with E-state index >= 15 is 0 Å². The average Bonchev–Trinajstić information content (AvgIpc) is 3.43. The van der Waals surface area contributed by atoms with E-state index < -0.39 is 47.7 Å². The van der Waals surface area contributed by atoms with E-state index in [4.69, 9.17) is 11.6 Å². The van der Waals surface area contributed by atoms with Gasteiger partial charge < -0.3 is 0 Å². The zero-order chi connectivity index (χ0) is 24.3. The summed E-state index contributed by atoms with van der Waals surface area (Å²) in [6.45, 7) is -0.547. The summed E-state index contributed by atoms with van der Waals surface area (Å²) in [6, 6.07) is 10.9. The summed E-state index contributed by atoms with van der Waals surface area (Å²) in [5.74, 6) is -3.82. The van der Waals surface area contributed by atoms with Crippen molar-refractivity contribution in [2.45, 2.75) is 16.1 Å². The molecule has 5 rings (SSSR count). The first kappa shape index (κ1) is 23.6. The van der Waals surface area contributed by atoms with E-state index in [2.05, 4.69) is 31.9 Å². The predicted octanol–water partition coefficient (Wildman–Crippen LogP) is 4.50. The van der Waals surface area contributed by atoms with Crippen molar-refractivity contribution in [1.29, 1.82) is 0 Å². The molecule has 3 fully saturated rings. The number of carbonyl (C=O) groups is 4. The van der Waals surface area contributed by atoms with Crippen molar-refractivity contribution in [3.8, 4) is 0 Å². The SMILES string of the molecule is O=C(CN(C(=O)c1ccc(Cl)cc1)N1C(=O)[C@@H]2[C@H]3C[C@@H]([C@@H](Br)[C@H]3Br)[C@H]2C1=O)c1ccc(F)cc1. The van der Waals surface area contributed by atoms with Crippen LogP contribution in [0.1, 0.15) is 27.1 Å². The molecular formula is C24H18Br2ClFN2O4. The molecule has 6 nitrogen and oxygen atoms in total. The largest absolute Gasteiger partial charge is 0.292 e. The van der Waals surface area contributed by atoms with Crippen LogP contribution in [0.15, 0.2) is 48.5 Å². The molecule has 6 atom stereocenters. The van der Waals surface area contributed by atoms with Crippen molar-refractivity contribution in [3.63, 3.8) is 0 Å². The van der Waals surface area contributed by atoms with E-state index in [1.54, 1.807) is 0 Å². The lowest BCUT2D eigenvalue weighted by Gasteiger charge is -2.31. The summed E-state index contributed by atoms with van der Waals surface area (Å²) in [6.07, 6.45) is 0.742. The van der Waals surface area contributed by atoms with Gasteiger partial charge in [-0.15, -0.1) is 0 Å². The highest BCUT2D eigenvalue weighted by atomic mass is 79.9. The third-order valence-electron chi connectivity index (χ3n) is 6.99. The Hall–Kier alpha value is -2.10. The number of hydrogen-bond donors (Lipinski definition) is 0. The van der Waals surface area contributed by atoms with Crippen LogP contribution in [0.5, 0.6) is 0 Å². The van der Waals surface area contributed by atoms with Crippen LogP contribution >= 0.6 is 43.5 Å². The van der Waals surface area contributed by atoms with Gasteiger partial charge in [-0.1, -0.05) is 43.5 Å². The molecule has 1 heterocycles. The zero-order valence-electron chi connectivity index (χ0n) is 17.5. The van der Waals surface area contributed by atoms with Crippen molar-refractivity contribution >= 4 is 67.0 Å². The maximum absolute atomic E-state index is 13.5. The topological polar surface area (TPSA) is 74.8 Å². The normalized spacial score (nSPS) is 29.5. The Balaban J connectivity index is 1.50. The highest BCUT2D eigenvalue weighted by molar-refractivity contribution is 9.12. The molecule has 2 aromatic carbocycles. The van der Waals surface area contributed by atoms with Gasteiger partial charge >= 0.3 is 0 Å². The van der Waals surface area contributed by atoms with E-state index in [0.717, 1.165) is 28.6 Å². The second-order valence-electron chi connectivity index (χ2n) is 8.79. The number of Topliss-reactive ketones (excluding diaryl/α,β-unsaturated/α-hetero) is 1. The van der Waals surface area contributed by atoms with E-state index in [1.807, 2.05) is 0 Å². The Morgan fingerprint density at radius 3 is 1.94 bits per heavy atom. The molecule has 2 saturated carbocycles. The molecule has 1 saturated heterocycles. The molecule has 3 amide bonds. The van der Waals surface area contributed by atoms with Crippen molar-refractivity contribution in [1.82, 2.24) is 10.0 Å². The first-order valence-corrected chi connectivity index (χ1v) is 12.9. The van der Waals surface area contributed by atoms with Gasteiger partial charge in [-0.3, -0.25) is 19.2 Å². The van der Waals surface area contributed by atoms with Crippen LogP contribution in [0.3, 0.4) is 0 Å². The van der Waals surface area contributed by atoms with Crippen LogP contribution in [0, 0.1) is 29.5 Å². The highest BCUT2D eigenvalue weighted by Gasteiger charge is 2.67. The van der Waals surface area contributed by atoms with Crippen LogP contribution < -0.4 is 0 Å². The maximum atomic E-state index is 13.5. The fraction of sp³-hybridized carbons (Fsp3) is 0.333. The van der Waals surface area contributed by atoms with Gasteiger partial charge in [0.15, 0.2) is 5.78 Å². The Labute approximate surface area is 216 Å². The molecule has 3 aliphatic rings. The van der Waals surface area contributed by atoms with Crippen LogP contribution in [0.2, 0.25) is 5.02 Å². The third kappa shape index (κ3) is 3.72. The summed E-state index contributed by atoms with van der Waals surface area (Å²) >= 11 is 13.2. The van der Waals surface area contributed by atoms with Crippen molar-refractivity contribution in [2.75, 3.05) is 6.54 Å². The number of hydrazine groups is 1. The molecule has 0 unspecified atom stereocenters. The number of halogens is 4. The third-order valence-corrected chi connectivity index (χ3v) is 10.4. The van der Waals surface area contributed by atoms with Crippen molar-refractivity contribution in [2.24, 2.45) is 23.7 Å². The number of carbonyl (C=O) groups excluding carboxylic acids is 4. The summed E-state index contributed by atoms with van der Waals surface area (Å²) in [5.41, 5.74) is 0.337. The quantitative estimate of drug-likeness (QED) is 0.283. The standard InChI is InChI=1S/C24H18Br2ClFN2O4/c25-20-15-9-16(21(20)26)19-18(15)23(33)30(24(19)34)29(22(32)12-1-5-13(27)6-2-12)10-17(31)11-3-7-14(28)8-4-11/h1-8,15-16,18-21H,9-10H2/t15-,16-,18-,19-,20-,21+/m1/s1. The number of rotatable bonds is 5. The van der Waals surface area contributed by atoms with Crippen LogP contribution in [0.4, 0.5) is 4.39 Å². The number of nitrogens with zero attached hydrogens (tertiary/aromatic N) is 2. The highest BCUT2D eigenvalue weighted by Crippen LogP contribution is 2.60. The van der Waals surface area contributed by atoms with Crippen molar-refractivity contribution < 1.29 is 23.6 Å². The summed E-state index contributed by atoms with van der Waals surface area (Å²) in [5, 5.41) is 2.19. The summed E-state index contributed by atoms with van der Waals surface area (Å²) < 4.78 is 13.3. The van der Waals surface area contributed by atoms with Gasteiger partial charge in [0.25, 0.3) is 17.7 Å². The number of hydrogen-bond acceptors (Lipinski definition) is 4. The molecule has 176 valence electrons. The minimum Gasteiger partial charge on any atom is -0.292 e. The van der Waals surface area contributed by atoms with Gasteiger partial charge in [-0.2, -0.15) is 5.01 Å². The van der Waals surface area contributed by atoms with Gasteiger partial charge in [0.2, 0.25) is 0 Å². The molecular weight excluding hydrogens is 595 g/mol. The molecule has 0 N–H and O–H groups in total. The Kier molecular flexibility index (Phi) is 6.14. The van der Waals surface area contributed by atoms with Gasteiger partial charge in [0, 0.05) is 25.8 Å². The number of imide groups is 1. The van der Waals surface area contributed by atoms with Gasteiger partial charge in [-0.05, 0) is 66.8 Å². The van der Waals surface area contributed by atoms with Gasteiger partial charge in [0.1, 0.15) is 12.4 Å². The number of ketones is 1. The number of benzene rings is 2. The summed E-state index contributed by atoms with van der Waals surface area (Å²) in [4.78, 5) is 53.6. The van der Waals surface area contributed by atoms with E-state index in [9.17, 15) is 23.6 Å². The molecule has 10 heteroatoms. The van der Waals surface area contributed by atoms with E-state index in [1.165, 1.54) is 36.4 Å². The fourth-order valence-electron chi connectivity index (χ4n) is 5.41. The molecule has 0 radical (unpaired) electrons. The Morgan fingerprint density at radius 2 is 1.41 bits per heavy atom. The minimum atomic E-state index is -0.674. The maximum Gasteiger partial charge on any atom is 0.273 e. The number of amides is 3. The van der Waals surface area contributed by atoms with Crippen LogP contribution in [-0.2, 0) is 9.59 Å². The summed E-state index contributed by atoms with van der Waals surface area (Å²) in [7, 11) is 0. The molecule has 34 heavy (non-hydrogen) atoms. The second kappa shape index (κ2) is 8.84. The minimum absolute atomic E-state index is 0.0386. The smallest absolute Gasteiger partial charge is 0.273 e. The molecule has 2 aromatic rings. The van der Waals surface area contributed by atoms with Gasteiger partial charge in [-0.25, -0.2) is 9.40 Å². The molecule has 1 aliphatic heterocycles. The van der Waals surface area contributed by atoms with E-state index in [-0.39, 0.29) is 32.6 Å². The van der Waals surface area contributed by atoms with Gasteiger partial charge in [0.05, 0.1) is 11.8 Å². The molecule has 2 bridgehead atoms.